The zero-order chi connectivity index (χ0) is 18.7. The first-order valence-corrected chi connectivity index (χ1v) is 8.87. The first kappa shape index (κ1) is 18.0. The Kier molecular flexibility index (Phi) is 5.25. The van der Waals surface area contributed by atoms with Gasteiger partial charge in [-0.2, -0.15) is 0 Å². The molecule has 0 spiro atoms. The molecule has 0 radical (unpaired) electrons. The molecule has 0 unspecified atom stereocenters. The molecular formula is C19H24N4O3. The summed E-state index contributed by atoms with van der Waals surface area (Å²) in [5.74, 6) is 0.436. The number of nitrogens with zero attached hydrogens (tertiary/aromatic N) is 2. The van der Waals surface area contributed by atoms with E-state index in [1.165, 1.54) is 12.5 Å². The van der Waals surface area contributed by atoms with Gasteiger partial charge in [0, 0.05) is 30.3 Å². The molecule has 0 aliphatic carbocycles. The van der Waals surface area contributed by atoms with Gasteiger partial charge in [0.1, 0.15) is 17.3 Å². The SMILES string of the molecule is CC(C)Oc1cc(C(=N)N2CCCCC2)ccc1-c1cc(C(N)=O)on1. The molecule has 1 amide bonds. The summed E-state index contributed by atoms with van der Waals surface area (Å²) in [4.78, 5) is 13.3. The molecule has 2 heterocycles. The highest BCUT2D eigenvalue weighted by Crippen LogP contribution is 2.32. The van der Waals surface area contributed by atoms with E-state index in [-0.39, 0.29) is 11.9 Å². The van der Waals surface area contributed by atoms with Gasteiger partial charge in [-0.15, -0.1) is 0 Å². The van der Waals surface area contributed by atoms with Gasteiger partial charge in [-0.3, -0.25) is 10.2 Å². The number of carbonyl (C=O) groups is 1. The normalized spacial score (nSPS) is 14.5. The Hall–Kier alpha value is -2.83. The molecule has 0 bridgehead atoms. The molecule has 7 heteroatoms. The summed E-state index contributed by atoms with van der Waals surface area (Å²) < 4.78 is 10.9. The lowest BCUT2D eigenvalue weighted by molar-refractivity contribution is 0.0965. The zero-order valence-electron chi connectivity index (χ0n) is 15.1. The maximum absolute atomic E-state index is 11.3. The van der Waals surface area contributed by atoms with Crippen molar-refractivity contribution in [2.45, 2.75) is 39.2 Å². The van der Waals surface area contributed by atoms with Crippen molar-refractivity contribution in [1.82, 2.24) is 10.1 Å². The van der Waals surface area contributed by atoms with E-state index in [4.69, 9.17) is 20.4 Å². The molecule has 1 aromatic carbocycles. The van der Waals surface area contributed by atoms with Gasteiger partial charge in [-0.05, 0) is 45.2 Å². The van der Waals surface area contributed by atoms with Gasteiger partial charge < -0.3 is 19.9 Å². The summed E-state index contributed by atoms with van der Waals surface area (Å²) in [5.41, 5.74) is 7.21. The third-order valence-electron chi connectivity index (χ3n) is 4.32. The molecule has 1 fully saturated rings. The van der Waals surface area contributed by atoms with Crippen LogP contribution in [-0.2, 0) is 0 Å². The summed E-state index contributed by atoms with van der Waals surface area (Å²) in [7, 11) is 0. The topological polar surface area (TPSA) is 105 Å². The number of ether oxygens (including phenoxy) is 1. The lowest BCUT2D eigenvalue weighted by Gasteiger charge is -2.29. The third kappa shape index (κ3) is 3.87. The Morgan fingerprint density at radius 2 is 2.00 bits per heavy atom. The summed E-state index contributed by atoms with van der Waals surface area (Å²) in [6.45, 7) is 5.69. The molecule has 1 aromatic heterocycles. The Bertz CT molecular complexity index is 807. The smallest absolute Gasteiger partial charge is 0.287 e. The minimum atomic E-state index is -0.668. The molecule has 1 saturated heterocycles. The van der Waals surface area contributed by atoms with Crippen molar-refractivity contribution in [2.24, 2.45) is 5.73 Å². The van der Waals surface area contributed by atoms with Crippen molar-refractivity contribution in [1.29, 1.82) is 5.41 Å². The van der Waals surface area contributed by atoms with E-state index < -0.39 is 5.91 Å². The molecule has 26 heavy (non-hydrogen) atoms. The number of carbonyl (C=O) groups excluding carboxylic acids is 1. The van der Waals surface area contributed by atoms with Crippen molar-refractivity contribution in [2.75, 3.05) is 13.1 Å². The molecule has 0 atom stereocenters. The Morgan fingerprint density at radius 1 is 1.27 bits per heavy atom. The number of amides is 1. The maximum Gasteiger partial charge on any atom is 0.287 e. The van der Waals surface area contributed by atoms with Crippen LogP contribution in [0.25, 0.3) is 11.3 Å². The maximum atomic E-state index is 11.3. The Morgan fingerprint density at radius 3 is 2.62 bits per heavy atom. The predicted octanol–water partition coefficient (Wildman–Crippen LogP) is 3.04. The van der Waals surface area contributed by atoms with Crippen LogP contribution < -0.4 is 10.5 Å². The van der Waals surface area contributed by atoms with Crippen LogP contribution >= 0.6 is 0 Å². The van der Waals surface area contributed by atoms with Crippen LogP contribution in [0.5, 0.6) is 5.75 Å². The zero-order valence-corrected chi connectivity index (χ0v) is 15.1. The molecule has 1 aliphatic heterocycles. The van der Waals surface area contributed by atoms with Gasteiger partial charge >= 0.3 is 0 Å². The third-order valence-corrected chi connectivity index (χ3v) is 4.32. The second-order valence-electron chi connectivity index (χ2n) is 6.71. The van der Waals surface area contributed by atoms with Gasteiger partial charge in [0.05, 0.1) is 6.10 Å². The molecule has 7 nitrogen and oxygen atoms in total. The number of hydrogen-bond acceptors (Lipinski definition) is 5. The number of amidine groups is 1. The fourth-order valence-electron chi connectivity index (χ4n) is 3.05. The molecular weight excluding hydrogens is 332 g/mol. The van der Waals surface area contributed by atoms with Crippen LogP contribution in [0.4, 0.5) is 0 Å². The van der Waals surface area contributed by atoms with E-state index >= 15 is 0 Å². The van der Waals surface area contributed by atoms with Crippen LogP contribution in [0.2, 0.25) is 0 Å². The highest BCUT2D eigenvalue weighted by molar-refractivity contribution is 5.97. The van der Waals surface area contributed by atoms with E-state index in [1.54, 1.807) is 0 Å². The summed E-state index contributed by atoms with van der Waals surface area (Å²) >= 11 is 0. The van der Waals surface area contributed by atoms with Crippen LogP contribution in [0.1, 0.15) is 49.2 Å². The largest absolute Gasteiger partial charge is 0.490 e. The van der Waals surface area contributed by atoms with Crippen LogP contribution in [0, 0.1) is 5.41 Å². The number of benzene rings is 1. The first-order valence-electron chi connectivity index (χ1n) is 8.87. The minimum absolute atomic E-state index is 0.000586. The molecule has 2 aromatic rings. The lowest BCUT2D eigenvalue weighted by atomic mass is 10.0. The number of piperidine rings is 1. The highest BCUT2D eigenvalue weighted by atomic mass is 16.5. The lowest BCUT2D eigenvalue weighted by Crippen LogP contribution is -2.35. The van der Waals surface area contributed by atoms with Crippen molar-refractivity contribution in [3.05, 3.63) is 35.6 Å². The Labute approximate surface area is 152 Å². The van der Waals surface area contributed by atoms with Gasteiger partial charge in [0.2, 0.25) is 5.76 Å². The summed E-state index contributed by atoms with van der Waals surface area (Å²) in [6.07, 6.45) is 3.41. The second kappa shape index (κ2) is 7.59. The fraction of sp³-hybridized carbons (Fsp3) is 0.421. The average Bonchev–Trinajstić information content (AvgIpc) is 3.11. The number of rotatable bonds is 5. The van der Waals surface area contributed by atoms with Crippen molar-refractivity contribution < 1.29 is 14.1 Å². The average molecular weight is 356 g/mol. The predicted molar refractivity (Wildman–Crippen MR) is 98.5 cm³/mol. The van der Waals surface area contributed by atoms with Gasteiger partial charge in [0.15, 0.2) is 0 Å². The van der Waals surface area contributed by atoms with E-state index in [0.29, 0.717) is 22.8 Å². The number of likely N-dealkylation sites (tertiary alicyclic amines) is 1. The molecule has 3 rings (SSSR count). The van der Waals surface area contributed by atoms with Crippen molar-refractivity contribution in [3.63, 3.8) is 0 Å². The summed E-state index contributed by atoms with van der Waals surface area (Å²) in [6, 6.07) is 7.07. The fourth-order valence-corrected chi connectivity index (χ4v) is 3.05. The van der Waals surface area contributed by atoms with E-state index in [2.05, 4.69) is 10.1 Å². The van der Waals surface area contributed by atoms with Crippen LogP contribution in [-0.4, -0.2) is 41.0 Å². The summed E-state index contributed by atoms with van der Waals surface area (Å²) in [5, 5.41) is 12.4. The minimum Gasteiger partial charge on any atom is -0.490 e. The number of aromatic nitrogens is 1. The van der Waals surface area contributed by atoms with E-state index in [9.17, 15) is 4.79 Å². The van der Waals surface area contributed by atoms with Crippen molar-refractivity contribution in [3.8, 4) is 17.0 Å². The van der Waals surface area contributed by atoms with Crippen molar-refractivity contribution >= 4 is 11.7 Å². The standard InChI is InChI=1S/C19H24N4O3/c1-12(2)25-16-10-13(18(20)23-8-4-3-5-9-23)6-7-14(16)15-11-17(19(21)24)26-22-15/h6-7,10-12,20H,3-5,8-9H2,1-2H3,(H2,21,24). The van der Waals surface area contributed by atoms with E-state index in [1.807, 2.05) is 32.0 Å². The molecule has 0 saturated carbocycles. The van der Waals surface area contributed by atoms with Gasteiger partial charge in [-0.1, -0.05) is 11.2 Å². The van der Waals surface area contributed by atoms with Gasteiger partial charge in [-0.25, -0.2) is 0 Å². The molecule has 138 valence electrons. The van der Waals surface area contributed by atoms with Crippen LogP contribution in [0.3, 0.4) is 0 Å². The quantitative estimate of drug-likeness (QED) is 0.633. The Balaban J connectivity index is 1.94. The number of nitrogens with one attached hydrogen (secondary N) is 1. The number of primary amides is 1. The second-order valence-corrected chi connectivity index (χ2v) is 6.71. The van der Waals surface area contributed by atoms with Gasteiger partial charge in [0.25, 0.3) is 5.91 Å². The first-order chi connectivity index (χ1) is 12.5. The number of hydrogen-bond donors (Lipinski definition) is 2. The van der Waals surface area contributed by atoms with Crippen LogP contribution in [0.15, 0.2) is 28.8 Å². The monoisotopic (exact) mass is 356 g/mol. The molecule has 3 N–H and O–H groups in total. The molecule has 1 aliphatic rings. The highest BCUT2D eigenvalue weighted by Gasteiger charge is 2.19. The van der Waals surface area contributed by atoms with E-state index in [0.717, 1.165) is 31.5 Å². The number of nitrogens with two attached hydrogens (primary N) is 1.